The molecule has 19 heavy (non-hydrogen) atoms. The minimum Gasteiger partial charge on any atom is -0.366 e. The van der Waals surface area contributed by atoms with Crippen LogP contribution in [0.4, 0.5) is 5.69 Å². The summed E-state index contributed by atoms with van der Waals surface area (Å²) in [4.78, 5) is 6.79. The van der Waals surface area contributed by atoms with Crippen molar-refractivity contribution in [1.29, 1.82) is 0 Å². The van der Waals surface area contributed by atoms with Gasteiger partial charge in [-0.15, -0.1) is 12.4 Å². The molecule has 0 atom stereocenters. The molecule has 0 amide bonds. The summed E-state index contributed by atoms with van der Waals surface area (Å²) < 4.78 is 0. The zero-order valence-corrected chi connectivity index (χ0v) is 12.4. The van der Waals surface area contributed by atoms with Gasteiger partial charge in [0.05, 0.1) is 11.2 Å². The lowest BCUT2D eigenvalue weighted by Crippen LogP contribution is -2.43. The first-order chi connectivity index (χ1) is 8.74. The van der Waals surface area contributed by atoms with Gasteiger partial charge in [0.2, 0.25) is 0 Å². The number of benzene rings is 1. The Balaban J connectivity index is 0.00000133. The van der Waals surface area contributed by atoms with Crippen LogP contribution in [0.15, 0.2) is 24.3 Å². The van der Waals surface area contributed by atoms with Crippen LogP contribution in [0.5, 0.6) is 0 Å². The van der Waals surface area contributed by atoms with E-state index in [0.717, 1.165) is 42.8 Å². The van der Waals surface area contributed by atoms with Gasteiger partial charge in [0.1, 0.15) is 0 Å². The van der Waals surface area contributed by atoms with Gasteiger partial charge in [-0.3, -0.25) is 0 Å². The van der Waals surface area contributed by atoms with Crippen molar-refractivity contribution in [2.75, 3.05) is 31.1 Å². The number of hydrogen-bond acceptors (Lipinski definition) is 3. The Hall–Kier alpha value is -1.03. The molecule has 0 saturated carbocycles. The summed E-state index contributed by atoms with van der Waals surface area (Å²) >= 11 is 6.30. The average Bonchev–Trinajstić information content (AvgIpc) is 2.39. The minimum atomic E-state index is 0. The molecule has 2 heterocycles. The third kappa shape index (κ3) is 2.94. The highest BCUT2D eigenvalue weighted by Gasteiger charge is 2.15. The standard InChI is InChI=1S/C14H16ClN3.ClH/c1-10-2-3-12-11(8-10)9-13(14(15)17-12)18-6-4-16-5-7-18;/h2-3,8-9,16H,4-7H2,1H3;1H. The molecule has 1 aromatic heterocycles. The number of nitrogens with zero attached hydrogens (tertiary/aromatic N) is 2. The van der Waals surface area contributed by atoms with Gasteiger partial charge in [-0.05, 0) is 25.1 Å². The summed E-state index contributed by atoms with van der Waals surface area (Å²) in [5, 5.41) is 5.11. The fourth-order valence-corrected chi connectivity index (χ4v) is 2.65. The number of aromatic nitrogens is 1. The highest BCUT2D eigenvalue weighted by molar-refractivity contribution is 6.32. The van der Waals surface area contributed by atoms with E-state index in [1.54, 1.807) is 0 Å². The zero-order valence-electron chi connectivity index (χ0n) is 10.8. The predicted molar refractivity (Wildman–Crippen MR) is 83.8 cm³/mol. The number of nitrogens with one attached hydrogen (secondary N) is 1. The van der Waals surface area contributed by atoms with Crippen molar-refractivity contribution in [2.45, 2.75) is 6.92 Å². The monoisotopic (exact) mass is 297 g/mol. The molecule has 5 heteroatoms. The van der Waals surface area contributed by atoms with Gasteiger partial charge in [-0.25, -0.2) is 4.98 Å². The maximum absolute atomic E-state index is 6.30. The number of hydrogen-bond donors (Lipinski definition) is 1. The number of anilines is 1. The van der Waals surface area contributed by atoms with E-state index in [2.05, 4.69) is 40.3 Å². The van der Waals surface area contributed by atoms with Gasteiger partial charge >= 0.3 is 0 Å². The van der Waals surface area contributed by atoms with E-state index >= 15 is 0 Å². The molecule has 1 N–H and O–H groups in total. The molecule has 0 aliphatic carbocycles. The van der Waals surface area contributed by atoms with Gasteiger partial charge in [-0.1, -0.05) is 23.2 Å². The molecule has 0 unspecified atom stereocenters. The van der Waals surface area contributed by atoms with Crippen LogP contribution in [0.25, 0.3) is 10.9 Å². The Labute approximate surface area is 124 Å². The molecule has 3 nitrogen and oxygen atoms in total. The largest absolute Gasteiger partial charge is 0.366 e. The number of halogens is 2. The smallest absolute Gasteiger partial charge is 0.153 e. The van der Waals surface area contributed by atoms with Crippen molar-refractivity contribution in [3.05, 3.63) is 35.0 Å². The Morgan fingerprint density at radius 2 is 1.95 bits per heavy atom. The SMILES string of the molecule is Cc1ccc2nc(Cl)c(N3CCNCC3)cc2c1.Cl. The lowest BCUT2D eigenvalue weighted by atomic mass is 10.1. The van der Waals surface area contributed by atoms with Crippen LogP contribution < -0.4 is 10.2 Å². The number of aryl methyl sites for hydroxylation is 1. The van der Waals surface area contributed by atoms with Crippen molar-refractivity contribution in [1.82, 2.24) is 10.3 Å². The van der Waals surface area contributed by atoms with Gasteiger partial charge in [0.15, 0.2) is 5.15 Å². The highest BCUT2D eigenvalue weighted by Crippen LogP contribution is 2.28. The first-order valence-corrected chi connectivity index (χ1v) is 6.64. The van der Waals surface area contributed by atoms with Crippen molar-refractivity contribution in [3.63, 3.8) is 0 Å². The normalized spacial score (nSPS) is 15.4. The average molecular weight is 298 g/mol. The van der Waals surface area contributed by atoms with Crippen molar-refractivity contribution >= 4 is 40.6 Å². The lowest BCUT2D eigenvalue weighted by molar-refractivity contribution is 0.589. The highest BCUT2D eigenvalue weighted by atomic mass is 35.5. The second-order valence-corrected chi connectivity index (χ2v) is 5.09. The van der Waals surface area contributed by atoms with Gasteiger partial charge in [-0.2, -0.15) is 0 Å². The summed E-state index contributed by atoms with van der Waals surface area (Å²) in [6.07, 6.45) is 0. The maximum atomic E-state index is 6.30. The molecule has 3 rings (SSSR count). The van der Waals surface area contributed by atoms with Crippen LogP contribution in [0.1, 0.15) is 5.56 Å². The van der Waals surface area contributed by atoms with E-state index in [-0.39, 0.29) is 12.4 Å². The van der Waals surface area contributed by atoms with Gasteiger partial charge in [0, 0.05) is 31.6 Å². The Morgan fingerprint density at radius 3 is 2.68 bits per heavy atom. The molecular weight excluding hydrogens is 281 g/mol. The fourth-order valence-electron chi connectivity index (χ4n) is 2.39. The lowest BCUT2D eigenvalue weighted by Gasteiger charge is -2.30. The molecule has 1 aromatic carbocycles. The maximum Gasteiger partial charge on any atom is 0.153 e. The fraction of sp³-hybridized carbons (Fsp3) is 0.357. The van der Waals surface area contributed by atoms with Crippen LogP contribution in [-0.2, 0) is 0 Å². The zero-order chi connectivity index (χ0) is 12.5. The van der Waals surface area contributed by atoms with Gasteiger partial charge < -0.3 is 10.2 Å². The van der Waals surface area contributed by atoms with E-state index < -0.39 is 0 Å². The molecule has 1 aliphatic rings. The second-order valence-electron chi connectivity index (χ2n) is 4.73. The van der Waals surface area contributed by atoms with Gasteiger partial charge in [0.25, 0.3) is 0 Å². The van der Waals surface area contributed by atoms with E-state index in [4.69, 9.17) is 11.6 Å². The first-order valence-electron chi connectivity index (χ1n) is 6.26. The summed E-state index contributed by atoms with van der Waals surface area (Å²) in [5.41, 5.74) is 3.26. The Morgan fingerprint density at radius 1 is 1.21 bits per heavy atom. The number of rotatable bonds is 1. The van der Waals surface area contributed by atoms with Crippen molar-refractivity contribution in [2.24, 2.45) is 0 Å². The summed E-state index contributed by atoms with van der Waals surface area (Å²) in [6, 6.07) is 8.40. The molecule has 0 spiro atoms. The van der Waals surface area contributed by atoms with E-state index in [1.807, 2.05) is 6.07 Å². The van der Waals surface area contributed by atoms with Crippen molar-refractivity contribution in [3.8, 4) is 0 Å². The Kier molecular flexibility index (Phi) is 4.50. The van der Waals surface area contributed by atoms with E-state index in [1.165, 1.54) is 5.56 Å². The van der Waals surface area contributed by atoms with Crippen LogP contribution in [-0.4, -0.2) is 31.2 Å². The van der Waals surface area contributed by atoms with Crippen LogP contribution in [0.2, 0.25) is 5.15 Å². The van der Waals surface area contributed by atoms with Crippen molar-refractivity contribution < 1.29 is 0 Å². The third-order valence-electron chi connectivity index (χ3n) is 3.36. The molecule has 0 bridgehead atoms. The first kappa shape index (κ1) is 14.4. The number of pyridine rings is 1. The Bertz CT molecular complexity index is 580. The van der Waals surface area contributed by atoms with Crippen LogP contribution >= 0.6 is 24.0 Å². The molecule has 102 valence electrons. The topological polar surface area (TPSA) is 28.2 Å². The third-order valence-corrected chi connectivity index (χ3v) is 3.64. The summed E-state index contributed by atoms with van der Waals surface area (Å²) in [5.74, 6) is 0. The number of piperazine rings is 1. The molecule has 1 aliphatic heterocycles. The molecule has 0 radical (unpaired) electrons. The number of fused-ring (bicyclic) bond motifs is 1. The minimum absolute atomic E-state index is 0. The molecule has 1 saturated heterocycles. The summed E-state index contributed by atoms with van der Waals surface area (Å²) in [7, 11) is 0. The predicted octanol–water partition coefficient (Wildman–Crippen LogP) is 3.03. The van der Waals surface area contributed by atoms with E-state index in [0.29, 0.717) is 5.15 Å². The van der Waals surface area contributed by atoms with Crippen LogP contribution in [0, 0.1) is 6.92 Å². The summed E-state index contributed by atoms with van der Waals surface area (Å²) in [6.45, 7) is 6.07. The molecule has 1 fully saturated rings. The van der Waals surface area contributed by atoms with Crippen LogP contribution in [0.3, 0.4) is 0 Å². The molecular formula is C14H17Cl2N3. The molecule has 2 aromatic rings. The second kappa shape index (κ2) is 5.95. The quantitative estimate of drug-likeness (QED) is 0.820. The van der Waals surface area contributed by atoms with E-state index in [9.17, 15) is 0 Å².